The van der Waals surface area contributed by atoms with Gasteiger partial charge in [0.1, 0.15) is 0 Å². The number of amides is 1. The van der Waals surface area contributed by atoms with E-state index in [9.17, 15) is 13.2 Å². The standard InChI is InChI=1S/C18H21ClN2O3S/c1-14-6-3-4-7-17(14)21(25(2,23)24)13-5-8-18(22)20-16-11-9-15(19)10-12-16/h3-4,6-7,9-12H,5,8,13H2,1-2H3,(H,20,22). The molecule has 0 aliphatic rings. The zero-order valence-corrected chi connectivity index (χ0v) is 15.8. The van der Waals surface area contributed by atoms with Crippen molar-refractivity contribution in [2.75, 3.05) is 22.4 Å². The highest BCUT2D eigenvalue weighted by Crippen LogP contribution is 2.22. The molecule has 2 rings (SSSR count). The molecule has 2 aromatic carbocycles. The van der Waals surface area contributed by atoms with Gasteiger partial charge in [-0.15, -0.1) is 0 Å². The van der Waals surface area contributed by atoms with Crippen LogP contribution < -0.4 is 9.62 Å². The quantitative estimate of drug-likeness (QED) is 0.793. The summed E-state index contributed by atoms with van der Waals surface area (Å²) in [5.41, 5.74) is 2.18. The summed E-state index contributed by atoms with van der Waals surface area (Å²) in [6.45, 7) is 2.11. The van der Waals surface area contributed by atoms with E-state index < -0.39 is 10.0 Å². The molecule has 0 heterocycles. The molecule has 2 aromatic rings. The van der Waals surface area contributed by atoms with Gasteiger partial charge in [0.2, 0.25) is 15.9 Å². The van der Waals surface area contributed by atoms with Crippen LogP contribution in [0.15, 0.2) is 48.5 Å². The van der Waals surface area contributed by atoms with E-state index in [-0.39, 0.29) is 18.9 Å². The van der Waals surface area contributed by atoms with Crippen molar-refractivity contribution in [1.82, 2.24) is 0 Å². The maximum Gasteiger partial charge on any atom is 0.232 e. The van der Waals surface area contributed by atoms with Gasteiger partial charge in [-0.25, -0.2) is 8.42 Å². The third-order valence-electron chi connectivity index (χ3n) is 3.68. The zero-order valence-electron chi connectivity index (χ0n) is 14.2. The Morgan fingerprint density at radius 1 is 1.12 bits per heavy atom. The van der Waals surface area contributed by atoms with E-state index in [1.807, 2.05) is 19.1 Å². The smallest absolute Gasteiger partial charge is 0.232 e. The van der Waals surface area contributed by atoms with E-state index in [2.05, 4.69) is 5.32 Å². The summed E-state index contributed by atoms with van der Waals surface area (Å²) in [7, 11) is -3.42. The van der Waals surface area contributed by atoms with Gasteiger partial charge in [0.15, 0.2) is 0 Å². The minimum atomic E-state index is -3.42. The van der Waals surface area contributed by atoms with Crippen LogP contribution in [0.4, 0.5) is 11.4 Å². The van der Waals surface area contributed by atoms with Crippen molar-refractivity contribution in [2.24, 2.45) is 0 Å². The predicted octanol–water partition coefficient (Wildman–Crippen LogP) is 3.83. The number of carbonyl (C=O) groups is 1. The summed E-state index contributed by atoms with van der Waals surface area (Å²) < 4.78 is 25.5. The third kappa shape index (κ3) is 5.76. The topological polar surface area (TPSA) is 66.5 Å². The number of anilines is 2. The fourth-order valence-corrected chi connectivity index (χ4v) is 3.60. The molecule has 1 N–H and O–H groups in total. The van der Waals surface area contributed by atoms with Crippen molar-refractivity contribution in [2.45, 2.75) is 19.8 Å². The summed E-state index contributed by atoms with van der Waals surface area (Å²) in [5.74, 6) is -0.166. The van der Waals surface area contributed by atoms with Crippen molar-refractivity contribution in [3.8, 4) is 0 Å². The van der Waals surface area contributed by atoms with Crippen LogP contribution in [0.2, 0.25) is 5.02 Å². The molecule has 0 aromatic heterocycles. The molecular formula is C18H21ClN2O3S. The van der Waals surface area contributed by atoms with Crippen molar-refractivity contribution >= 4 is 38.9 Å². The van der Waals surface area contributed by atoms with Crippen LogP contribution in [0.1, 0.15) is 18.4 Å². The van der Waals surface area contributed by atoms with E-state index in [4.69, 9.17) is 11.6 Å². The van der Waals surface area contributed by atoms with E-state index in [0.717, 1.165) is 5.56 Å². The Balaban J connectivity index is 1.96. The normalized spacial score (nSPS) is 11.2. The number of nitrogens with zero attached hydrogens (tertiary/aromatic N) is 1. The fraction of sp³-hybridized carbons (Fsp3) is 0.278. The Morgan fingerprint density at radius 2 is 1.76 bits per heavy atom. The van der Waals surface area contributed by atoms with Crippen molar-refractivity contribution in [1.29, 1.82) is 0 Å². The molecule has 0 spiro atoms. The van der Waals surface area contributed by atoms with Crippen molar-refractivity contribution in [3.05, 3.63) is 59.1 Å². The first-order valence-corrected chi connectivity index (χ1v) is 10.1. The van der Waals surface area contributed by atoms with Gasteiger partial charge in [0, 0.05) is 23.7 Å². The lowest BCUT2D eigenvalue weighted by molar-refractivity contribution is -0.116. The monoisotopic (exact) mass is 380 g/mol. The molecule has 0 atom stereocenters. The van der Waals surface area contributed by atoms with Crippen molar-refractivity contribution in [3.63, 3.8) is 0 Å². The summed E-state index contributed by atoms with van der Waals surface area (Å²) in [6.07, 6.45) is 1.81. The summed E-state index contributed by atoms with van der Waals surface area (Å²) in [4.78, 5) is 12.0. The lowest BCUT2D eigenvalue weighted by atomic mass is 10.2. The predicted molar refractivity (Wildman–Crippen MR) is 103 cm³/mol. The molecular weight excluding hydrogens is 360 g/mol. The molecule has 0 saturated carbocycles. The second-order valence-electron chi connectivity index (χ2n) is 5.78. The minimum absolute atomic E-state index is 0.166. The van der Waals surface area contributed by atoms with Crippen LogP contribution in [0.5, 0.6) is 0 Å². The second-order valence-corrected chi connectivity index (χ2v) is 8.12. The lowest BCUT2D eigenvalue weighted by Gasteiger charge is -2.24. The maximum atomic E-state index is 12.1. The highest BCUT2D eigenvalue weighted by atomic mass is 35.5. The van der Waals surface area contributed by atoms with Crippen molar-refractivity contribution < 1.29 is 13.2 Å². The van der Waals surface area contributed by atoms with E-state index in [0.29, 0.717) is 22.8 Å². The van der Waals surface area contributed by atoms with Gasteiger partial charge < -0.3 is 5.32 Å². The van der Waals surface area contributed by atoms with Gasteiger partial charge in [-0.3, -0.25) is 9.10 Å². The maximum absolute atomic E-state index is 12.1. The Morgan fingerprint density at radius 3 is 2.36 bits per heavy atom. The third-order valence-corrected chi connectivity index (χ3v) is 5.11. The largest absolute Gasteiger partial charge is 0.326 e. The Hall–Kier alpha value is -2.05. The Kier molecular flexibility index (Phi) is 6.45. The number of rotatable bonds is 7. The molecule has 0 aliphatic carbocycles. The zero-order chi connectivity index (χ0) is 18.4. The molecule has 0 aliphatic heterocycles. The molecule has 0 fully saturated rings. The number of hydrogen-bond acceptors (Lipinski definition) is 3. The summed E-state index contributed by atoms with van der Waals surface area (Å²) in [6, 6.07) is 14.1. The highest BCUT2D eigenvalue weighted by molar-refractivity contribution is 7.92. The van der Waals surface area contributed by atoms with Crippen LogP contribution in [-0.4, -0.2) is 27.1 Å². The van der Waals surface area contributed by atoms with Gasteiger partial charge in [0.05, 0.1) is 11.9 Å². The molecule has 5 nitrogen and oxygen atoms in total. The van der Waals surface area contributed by atoms with E-state index in [1.54, 1.807) is 36.4 Å². The molecule has 0 saturated heterocycles. The highest BCUT2D eigenvalue weighted by Gasteiger charge is 2.19. The van der Waals surface area contributed by atoms with Gasteiger partial charge >= 0.3 is 0 Å². The molecule has 25 heavy (non-hydrogen) atoms. The molecule has 0 unspecified atom stereocenters. The van der Waals surface area contributed by atoms with Crippen LogP contribution >= 0.6 is 11.6 Å². The number of benzene rings is 2. The van der Waals surface area contributed by atoms with Gasteiger partial charge in [-0.2, -0.15) is 0 Å². The molecule has 134 valence electrons. The summed E-state index contributed by atoms with van der Waals surface area (Å²) >= 11 is 5.81. The Labute approximate surface area is 153 Å². The summed E-state index contributed by atoms with van der Waals surface area (Å²) in [5, 5.41) is 3.36. The average molecular weight is 381 g/mol. The first kappa shape index (κ1) is 19.3. The molecule has 1 amide bonds. The average Bonchev–Trinajstić information content (AvgIpc) is 2.54. The Bertz CT molecular complexity index is 836. The van der Waals surface area contributed by atoms with E-state index >= 15 is 0 Å². The number of aryl methyl sites for hydroxylation is 1. The first-order chi connectivity index (χ1) is 11.8. The van der Waals surface area contributed by atoms with E-state index in [1.165, 1.54) is 10.6 Å². The number of para-hydroxylation sites is 1. The van der Waals surface area contributed by atoms with Crippen LogP contribution in [0, 0.1) is 6.92 Å². The number of nitrogens with one attached hydrogen (secondary N) is 1. The number of halogens is 1. The number of hydrogen-bond donors (Lipinski definition) is 1. The SMILES string of the molecule is Cc1ccccc1N(CCCC(=O)Nc1ccc(Cl)cc1)S(C)(=O)=O. The van der Waals surface area contributed by atoms with Gasteiger partial charge in [-0.05, 0) is 49.2 Å². The first-order valence-electron chi connectivity index (χ1n) is 7.86. The molecule has 0 radical (unpaired) electrons. The van der Waals surface area contributed by atoms with Gasteiger partial charge in [-0.1, -0.05) is 29.8 Å². The van der Waals surface area contributed by atoms with Crippen LogP contribution in [-0.2, 0) is 14.8 Å². The molecule has 0 bridgehead atoms. The fourth-order valence-electron chi connectivity index (χ4n) is 2.45. The lowest BCUT2D eigenvalue weighted by Crippen LogP contribution is -2.32. The number of sulfonamides is 1. The minimum Gasteiger partial charge on any atom is -0.326 e. The van der Waals surface area contributed by atoms with Gasteiger partial charge in [0.25, 0.3) is 0 Å². The second kappa shape index (κ2) is 8.36. The van der Waals surface area contributed by atoms with Crippen LogP contribution in [0.3, 0.4) is 0 Å². The molecule has 7 heteroatoms. The number of carbonyl (C=O) groups excluding carboxylic acids is 1. The van der Waals surface area contributed by atoms with Crippen LogP contribution in [0.25, 0.3) is 0 Å².